The monoisotopic (exact) mass is 399 g/mol. The third-order valence-electron chi connectivity index (χ3n) is 4.44. The van der Waals surface area contributed by atoms with Crippen molar-refractivity contribution >= 4 is 33.7 Å². The van der Waals surface area contributed by atoms with Gasteiger partial charge >= 0.3 is 0 Å². The smallest absolute Gasteiger partial charge is 0.276 e. The highest BCUT2D eigenvalue weighted by molar-refractivity contribution is 7.19. The van der Waals surface area contributed by atoms with Gasteiger partial charge in [0.25, 0.3) is 5.56 Å². The molecule has 3 aromatic rings. The van der Waals surface area contributed by atoms with Crippen molar-refractivity contribution in [2.45, 2.75) is 6.42 Å². The highest BCUT2D eigenvalue weighted by atomic mass is 32.1. The normalized spacial score (nSPS) is 14.4. The number of aromatic nitrogens is 3. The van der Waals surface area contributed by atoms with Crippen molar-refractivity contribution in [1.29, 1.82) is 0 Å². The van der Waals surface area contributed by atoms with Crippen LogP contribution in [0.15, 0.2) is 35.1 Å². The molecule has 10 heteroatoms. The summed E-state index contributed by atoms with van der Waals surface area (Å²) >= 11 is 1.35. The average molecular weight is 399 g/mol. The molecule has 0 saturated carbocycles. The Labute approximate surface area is 165 Å². The summed E-state index contributed by atoms with van der Waals surface area (Å²) in [5.74, 6) is 0.628. The van der Waals surface area contributed by atoms with Crippen molar-refractivity contribution in [1.82, 2.24) is 19.9 Å². The predicted octanol–water partition coefficient (Wildman–Crippen LogP) is 0.515. The second-order valence-electron chi connectivity index (χ2n) is 6.46. The zero-order valence-corrected chi connectivity index (χ0v) is 16.0. The van der Waals surface area contributed by atoms with Gasteiger partial charge in [0.1, 0.15) is 10.8 Å². The van der Waals surface area contributed by atoms with Gasteiger partial charge in [0.15, 0.2) is 0 Å². The number of anilines is 2. The summed E-state index contributed by atoms with van der Waals surface area (Å²) in [6, 6.07) is 8.98. The summed E-state index contributed by atoms with van der Waals surface area (Å²) in [6.07, 6.45) is 0.269. The van der Waals surface area contributed by atoms with E-state index in [9.17, 15) is 9.59 Å². The van der Waals surface area contributed by atoms with Crippen molar-refractivity contribution in [3.63, 3.8) is 0 Å². The molecule has 1 amide bonds. The van der Waals surface area contributed by atoms with Crippen LogP contribution in [0.2, 0.25) is 0 Å². The van der Waals surface area contributed by atoms with Gasteiger partial charge < -0.3 is 21.3 Å². The molecule has 4 N–H and O–H groups in total. The first-order chi connectivity index (χ1) is 13.6. The molecular formula is C18H21N7O2S. The molecule has 0 aliphatic carbocycles. The Morgan fingerprint density at radius 2 is 2.11 bits per heavy atom. The lowest BCUT2D eigenvalue weighted by atomic mass is 10.2. The Morgan fingerprint density at radius 3 is 2.89 bits per heavy atom. The van der Waals surface area contributed by atoms with Crippen LogP contribution in [0.5, 0.6) is 0 Å². The molecule has 0 bridgehead atoms. The SMILES string of the molecule is NCCC(=O)Nc1cccc(-c2nn3c(N4CCNCC4)cc(=O)nc3s2)c1. The van der Waals surface area contributed by atoms with Gasteiger partial charge in [-0.3, -0.25) is 9.59 Å². The maximum Gasteiger partial charge on any atom is 0.276 e. The molecule has 1 fully saturated rings. The second kappa shape index (κ2) is 8.05. The van der Waals surface area contributed by atoms with E-state index in [-0.39, 0.29) is 17.9 Å². The molecule has 146 valence electrons. The van der Waals surface area contributed by atoms with Crippen LogP contribution < -0.4 is 26.8 Å². The number of carbonyl (C=O) groups excluding carboxylic acids is 1. The van der Waals surface area contributed by atoms with E-state index in [0.29, 0.717) is 17.2 Å². The fourth-order valence-corrected chi connectivity index (χ4v) is 4.02. The van der Waals surface area contributed by atoms with Gasteiger partial charge in [-0.2, -0.15) is 14.6 Å². The molecule has 0 unspecified atom stereocenters. The summed E-state index contributed by atoms with van der Waals surface area (Å²) < 4.78 is 1.73. The molecule has 1 aliphatic rings. The van der Waals surface area contributed by atoms with E-state index in [1.54, 1.807) is 4.52 Å². The maximum atomic E-state index is 12.1. The summed E-state index contributed by atoms with van der Waals surface area (Å²) in [7, 11) is 0. The van der Waals surface area contributed by atoms with Crippen molar-refractivity contribution < 1.29 is 4.79 Å². The van der Waals surface area contributed by atoms with Crippen molar-refractivity contribution in [3.05, 3.63) is 40.7 Å². The van der Waals surface area contributed by atoms with Crippen LogP contribution >= 0.6 is 11.3 Å². The average Bonchev–Trinajstić information content (AvgIpc) is 3.12. The second-order valence-corrected chi connectivity index (χ2v) is 7.41. The van der Waals surface area contributed by atoms with Gasteiger partial charge in [-0.15, -0.1) is 0 Å². The van der Waals surface area contributed by atoms with Crippen LogP contribution in [-0.4, -0.2) is 53.2 Å². The quantitative estimate of drug-likeness (QED) is 0.572. The van der Waals surface area contributed by atoms with E-state index in [4.69, 9.17) is 10.8 Å². The molecule has 4 rings (SSSR count). The molecule has 1 aliphatic heterocycles. The third-order valence-corrected chi connectivity index (χ3v) is 5.40. The highest BCUT2D eigenvalue weighted by Gasteiger charge is 2.18. The van der Waals surface area contributed by atoms with Crippen LogP contribution in [0, 0.1) is 0 Å². The first-order valence-corrected chi connectivity index (χ1v) is 9.92. The molecule has 0 atom stereocenters. The van der Waals surface area contributed by atoms with Crippen LogP contribution in [0.25, 0.3) is 15.5 Å². The van der Waals surface area contributed by atoms with Crippen molar-refractivity contribution in [2.75, 3.05) is 42.9 Å². The number of amides is 1. The lowest BCUT2D eigenvalue weighted by Crippen LogP contribution is -2.44. The number of rotatable bonds is 5. The first kappa shape index (κ1) is 18.5. The number of nitrogens with zero attached hydrogens (tertiary/aromatic N) is 4. The molecule has 28 heavy (non-hydrogen) atoms. The largest absolute Gasteiger partial charge is 0.354 e. The van der Waals surface area contributed by atoms with E-state index in [2.05, 4.69) is 20.5 Å². The van der Waals surface area contributed by atoms with Crippen molar-refractivity contribution in [3.8, 4) is 10.6 Å². The van der Waals surface area contributed by atoms with Crippen LogP contribution in [0.4, 0.5) is 11.5 Å². The van der Waals surface area contributed by atoms with Gasteiger partial charge in [-0.1, -0.05) is 23.5 Å². The lowest BCUT2D eigenvalue weighted by Gasteiger charge is -2.28. The molecule has 1 aromatic carbocycles. The summed E-state index contributed by atoms with van der Waals surface area (Å²) in [6.45, 7) is 3.64. The zero-order chi connectivity index (χ0) is 19.5. The number of benzene rings is 1. The molecule has 1 saturated heterocycles. The molecule has 2 aromatic heterocycles. The van der Waals surface area contributed by atoms with E-state index >= 15 is 0 Å². The lowest BCUT2D eigenvalue weighted by molar-refractivity contribution is -0.116. The summed E-state index contributed by atoms with van der Waals surface area (Å²) in [5.41, 5.74) is 6.68. The van der Waals surface area contributed by atoms with Gasteiger partial charge in [0, 0.05) is 56.5 Å². The number of carbonyl (C=O) groups is 1. The van der Waals surface area contributed by atoms with E-state index in [0.717, 1.165) is 42.6 Å². The molecule has 0 spiro atoms. The highest BCUT2D eigenvalue weighted by Crippen LogP contribution is 2.28. The fourth-order valence-electron chi connectivity index (χ4n) is 3.12. The zero-order valence-electron chi connectivity index (χ0n) is 15.2. The molecule has 0 radical (unpaired) electrons. The number of hydrogen-bond acceptors (Lipinski definition) is 8. The van der Waals surface area contributed by atoms with Crippen LogP contribution in [0.3, 0.4) is 0 Å². The predicted molar refractivity (Wildman–Crippen MR) is 110 cm³/mol. The number of piperazine rings is 1. The minimum absolute atomic E-state index is 0.128. The Morgan fingerprint density at radius 1 is 1.29 bits per heavy atom. The minimum Gasteiger partial charge on any atom is -0.354 e. The van der Waals surface area contributed by atoms with Crippen molar-refractivity contribution in [2.24, 2.45) is 5.73 Å². The maximum absolute atomic E-state index is 12.1. The molecule has 9 nitrogen and oxygen atoms in total. The van der Waals surface area contributed by atoms with E-state index in [1.165, 1.54) is 17.4 Å². The van der Waals surface area contributed by atoms with Crippen LogP contribution in [-0.2, 0) is 4.79 Å². The van der Waals surface area contributed by atoms with Crippen LogP contribution in [0.1, 0.15) is 6.42 Å². The standard InChI is InChI=1S/C18H21N7O2S/c19-5-4-14(26)21-13-3-1-2-12(10-13)17-23-25-16(24-8-6-20-7-9-24)11-15(27)22-18(25)28-17/h1-3,10-11,20H,4-9,19H2,(H,21,26). The molecular weight excluding hydrogens is 378 g/mol. The number of hydrogen-bond donors (Lipinski definition) is 3. The first-order valence-electron chi connectivity index (χ1n) is 9.11. The van der Waals surface area contributed by atoms with Gasteiger partial charge in [-0.25, -0.2) is 0 Å². The fraction of sp³-hybridized carbons (Fsp3) is 0.333. The van der Waals surface area contributed by atoms with E-state index < -0.39 is 0 Å². The van der Waals surface area contributed by atoms with Gasteiger partial charge in [-0.05, 0) is 12.1 Å². The minimum atomic E-state index is -0.272. The third kappa shape index (κ3) is 3.88. The topological polar surface area (TPSA) is 118 Å². The van der Waals surface area contributed by atoms with E-state index in [1.807, 2.05) is 24.3 Å². The Bertz CT molecular complexity index is 1060. The Balaban J connectivity index is 1.70. The summed E-state index contributed by atoms with van der Waals surface area (Å²) in [5, 5.41) is 11.6. The Kier molecular flexibility index (Phi) is 5.33. The van der Waals surface area contributed by atoms with Gasteiger partial charge in [0.2, 0.25) is 10.9 Å². The number of nitrogens with two attached hydrogens (primary N) is 1. The number of nitrogens with one attached hydrogen (secondary N) is 2. The van der Waals surface area contributed by atoms with Gasteiger partial charge in [0.05, 0.1) is 0 Å². The molecule has 3 heterocycles. The number of fused-ring (bicyclic) bond motifs is 1. The summed E-state index contributed by atoms with van der Waals surface area (Å²) in [4.78, 5) is 30.7. The Hall–Kier alpha value is -2.82.